The van der Waals surface area contributed by atoms with Crippen molar-refractivity contribution in [3.8, 4) is 11.5 Å². The van der Waals surface area contributed by atoms with E-state index in [1.807, 2.05) is 19.1 Å². The summed E-state index contributed by atoms with van der Waals surface area (Å²) >= 11 is 0. The number of amides is 1. The van der Waals surface area contributed by atoms with Gasteiger partial charge in [0, 0.05) is 6.54 Å². The number of carbonyl (C=O) groups excluding carboxylic acids is 1. The van der Waals surface area contributed by atoms with Gasteiger partial charge in [0.2, 0.25) is 0 Å². The molecule has 0 saturated heterocycles. The summed E-state index contributed by atoms with van der Waals surface area (Å²) in [4.78, 5) is 11.8. The van der Waals surface area contributed by atoms with Crippen LogP contribution in [0.1, 0.15) is 21.7 Å². The van der Waals surface area contributed by atoms with Crippen LogP contribution >= 0.6 is 0 Å². The molecule has 1 amide bonds. The Kier molecular flexibility index (Phi) is 4.87. The zero-order chi connectivity index (χ0) is 15.2. The molecule has 1 aromatic heterocycles. The summed E-state index contributed by atoms with van der Waals surface area (Å²) in [7, 11) is 3.27. The van der Waals surface area contributed by atoms with E-state index >= 15 is 0 Å². The van der Waals surface area contributed by atoms with E-state index in [2.05, 4.69) is 5.32 Å². The average molecular weight is 289 g/mol. The zero-order valence-electron chi connectivity index (χ0n) is 12.4. The lowest BCUT2D eigenvalue weighted by molar-refractivity contribution is 0.0926. The smallest absolute Gasteiger partial charge is 0.286 e. The van der Waals surface area contributed by atoms with Crippen LogP contribution in [-0.4, -0.2) is 26.7 Å². The van der Waals surface area contributed by atoms with Crippen molar-refractivity contribution in [3.63, 3.8) is 0 Å². The second kappa shape index (κ2) is 6.83. The fourth-order valence-corrected chi connectivity index (χ4v) is 2.11. The minimum Gasteiger partial charge on any atom is -0.496 e. The van der Waals surface area contributed by atoms with Crippen molar-refractivity contribution in [1.29, 1.82) is 0 Å². The molecule has 112 valence electrons. The van der Waals surface area contributed by atoms with E-state index in [9.17, 15) is 4.79 Å². The second-order valence-electron chi connectivity index (χ2n) is 4.62. The lowest BCUT2D eigenvalue weighted by Crippen LogP contribution is -2.25. The van der Waals surface area contributed by atoms with E-state index in [0.717, 1.165) is 22.6 Å². The fourth-order valence-electron chi connectivity index (χ4n) is 2.11. The van der Waals surface area contributed by atoms with Gasteiger partial charge in [-0.3, -0.25) is 4.79 Å². The van der Waals surface area contributed by atoms with E-state index in [0.29, 0.717) is 18.7 Å². The molecule has 0 spiro atoms. The van der Waals surface area contributed by atoms with Crippen LogP contribution in [0, 0.1) is 6.92 Å². The van der Waals surface area contributed by atoms with Crippen LogP contribution in [-0.2, 0) is 6.42 Å². The maximum absolute atomic E-state index is 11.8. The van der Waals surface area contributed by atoms with Gasteiger partial charge in [-0.15, -0.1) is 0 Å². The Morgan fingerprint density at radius 2 is 2.00 bits per heavy atom. The highest BCUT2D eigenvalue weighted by Crippen LogP contribution is 2.28. The Morgan fingerprint density at radius 1 is 1.24 bits per heavy atom. The molecule has 0 saturated carbocycles. The zero-order valence-corrected chi connectivity index (χ0v) is 12.4. The molecule has 0 unspecified atom stereocenters. The third-order valence-electron chi connectivity index (χ3n) is 3.22. The van der Waals surface area contributed by atoms with Crippen molar-refractivity contribution >= 4 is 5.91 Å². The molecular weight excluding hydrogens is 270 g/mol. The van der Waals surface area contributed by atoms with Crippen LogP contribution in [0.15, 0.2) is 34.9 Å². The lowest BCUT2D eigenvalue weighted by Gasteiger charge is -2.13. The maximum Gasteiger partial charge on any atom is 0.286 e. The lowest BCUT2D eigenvalue weighted by atomic mass is 10.1. The van der Waals surface area contributed by atoms with Crippen molar-refractivity contribution in [2.75, 3.05) is 20.8 Å². The predicted octanol–water partition coefficient (Wildman–Crippen LogP) is 2.58. The molecule has 0 atom stereocenters. The fraction of sp³-hybridized carbons (Fsp3) is 0.312. The highest BCUT2D eigenvalue weighted by molar-refractivity contribution is 5.91. The molecule has 2 rings (SSSR count). The van der Waals surface area contributed by atoms with Gasteiger partial charge >= 0.3 is 0 Å². The molecule has 1 aromatic carbocycles. The van der Waals surface area contributed by atoms with E-state index in [1.54, 1.807) is 26.4 Å². The van der Waals surface area contributed by atoms with Gasteiger partial charge in [-0.1, -0.05) is 0 Å². The molecule has 0 radical (unpaired) electrons. The normalized spacial score (nSPS) is 10.2. The van der Waals surface area contributed by atoms with Gasteiger partial charge in [-0.05, 0) is 48.7 Å². The van der Waals surface area contributed by atoms with E-state index in [4.69, 9.17) is 13.9 Å². The Balaban J connectivity index is 2.01. The molecule has 5 heteroatoms. The number of furan rings is 1. The Labute approximate surface area is 123 Å². The van der Waals surface area contributed by atoms with Gasteiger partial charge in [-0.25, -0.2) is 0 Å². The number of hydrogen-bond acceptors (Lipinski definition) is 4. The minimum absolute atomic E-state index is 0.224. The van der Waals surface area contributed by atoms with E-state index in [-0.39, 0.29) is 5.91 Å². The number of methoxy groups -OCH3 is 2. The van der Waals surface area contributed by atoms with Crippen LogP contribution in [0.25, 0.3) is 0 Å². The van der Waals surface area contributed by atoms with Crippen LogP contribution in [0.5, 0.6) is 11.5 Å². The van der Waals surface area contributed by atoms with Crippen molar-refractivity contribution in [2.45, 2.75) is 13.3 Å². The SMILES string of the molecule is COc1cc(CCNC(=O)c2ccco2)c(OC)cc1C. The first-order valence-corrected chi connectivity index (χ1v) is 6.69. The number of ether oxygens (including phenoxy) is 2. The Morgan fingerprint density at radius 3 is 2.62 bits per heavy atom. The molecule has 0 fully saturated rings. The van der Waals surface area contributed by atoms with Crippen LogP contribution in [0.4, 0.5) is 0 Å². The number of hydrogen-bond donors (Lipinski definition) is 1. The summed E-state index contributed by atoms with van der Waals surface area (Å²) in [6.07, 6.45) is 2.12. The van der Waals surface area contributed by atoms with E-state index < -0.39 is 0 Å². The Bertz CT molecular complexity index is 605. The quantitative estimate of drug-likeness (QED) is 0.888. The molecule has 5 nitrogen and oxygen atoms in total. The first-order valence-electron chi connectivity index (χ1n) is 6.69. The predicted molar refractivity (Wildman–Crippen MR) is 79.0 cm³/mol. The number of rotatable bonds is 6. The van der Waals surface area contributed by atoms with Crippen molar-refractivity contribution in [3.05, 3.63) is 47.4 Å². The van der Waals surface area contributed by atoms with Crippen molar-refractivity contribution < 1.29 is 18.7 Å². The Hall–Kier alpha value is -2.43. The van der Waals surface area contributed by atoms with Gasteiger partial charge < -0.3 is 19.2 Å². The molecular formula is C16H19NO4. The molecule has 2 aromatic rings. The van der Waals surface area contributed by atoms with Crippen LogP contribution < -0.4 is 14.8 Å². The van der Waals surface area contributed by atoms with E-state index in [1.165, 1.54) is 6.26 Å². The van der Waals surface area contributed by atoms with Gasteiger partial charge in [0.05, 0.1) is 20.5 Å². The molecule has 1 N–H and O–H groups in total. The highest BCUT2D eigenvalue weighted by Gasteiger charge is 2.11. The minimum atomic E-state index is -0.224. The maximum atomic E-state index is 11.8. The number of aryl methyl sites for hydroxylation is 1. The summed E-state index contributed by atoms with van der Waals surface area (Å²) in [5.74, 6) is 1.69. The molecule has 0 aliphatic carbocycles. The summed E-state index contributed by atoms with van der Waals surface area (Å²) in [6.45, 7) is 2.45. The molecule has 0 bridgehead atoms. The number of carbonyl (C=O) groups is 1. The summed E-state index contributed by atoms with van der Waals surface area (Å²) < 4.78 is 15.7. The molecule has 0 aliphatic rings. The largest absolute Gasteiger partial charge is 0.496 e. The number of benzene rings is 1. The van der Waals surface area contributed by atoms with Crippen LogP contribution in [0.3, 0.4) is 0 Å². The van der Waals surface area contributed by atoms with Gasteiger partial charge in [0.25, 0.3) is 5.91 Å². The van der Waals surface area contributed by atoms with Gasteiger partial charge in [0.1, 0.15) is 11.5 Å². The third kappa shape index (κ3) is 3.56. The summed E-state index contributed by atoms with van der Waals surface area (Å²) in [5, 5.41) is 2.81. The second-order valence-corrected chi connectivity index (χ2v) is 4.62. The van der Waals surface area contributed by atoms with Crippen molar-refractivity contribution in [1.82, 2.24) is 5.32 Å². The van der Waals surface area contributed by atoms with Gasteiger partial charge in [0.15, 0.2) is 5.76 Å². The highest BCUT2D eigenvalue weighted by atomic mass is 16.5. The molecule has 1 heterocycles. The molecule has 21 heavy (non-hydrogen) atoms. The van der Waals surface area contributed by atoms with Crippen LogP contribution in [0.2, 0.25) is 0 Å². The number of nitrogens with one attached hydrogen (secondary N) is 1. The standard InChI is InChI=1S/C16H19NO4/c1-11-9-15(20-3)12(10-14(11)19-2)6-7-17-16(18)13-5-4-8-21-13/h4-5,8-10H,6-7H2,1-3H3,(H,17,18). The first kappa shape index (κ1) is 15.0. The van der Waals surface area contributed by atoms with Crippen molar-refractivity contribution in [2.24, 2.45) is 0 Å². The summed E-state index contributed by atoms with van der Waals surface area (Å²) in [5.41, 5.74) is 2.00. The third-order valence-corrected chi connectivity index (χ3v) is 3.22. The first-order chi connectivity index (χ1) is 10.2. The monoisotopic (exact) mass is 289 g/mol. The van der Waals surface area contributed by atoms with Gasteiger partial charge in [-0.2, -0.15) is 0 Å². The topological polar surface area (TPSA) is 60.7 Å². The molecule has 0 aliphatic heterocycles. The summed E-state index contributed by atoms with van der Waals surface area (Å²) in [6, 6.07) is 7.18. The average Bonchev–Trinajstić information content (AvgIpc) is 3.02.